The zero-order chi connectivity index (χ0) is 23.6. The number of amides is 1. The van der Waals surface area contributed by atoms with Crippen LogP contribution in [0.3, 0.4) is 0 Å². The largest absolute Gasteiger partial charge is 0.490 e. The van der Waals surface area contributed by atoms with Gasteiger partial charge in [-0.1, -0.05) is 5.16 Å². The van der Waals surface area contributed by atoms with Crippen molar-refractivity contribution >= 4 is 23.6 Å². The SMILES string of the molecule is O=C(O)C(F)(F)F.O=C(c1cc(C2CC2)on1)N1CC2(CC(OCc3ccncc3)CS2)C1. The molecule has 5 rings (SSSR count). The average Bonchev–Trinajstić information content (AvgIpc) is 3.32. The number of hydrogen-bond acceptors (Lipinski definition) is 7. The Balaban J connectivity index is 0.000000325. The van der Waals surface area contributed by atoms with Gasteiger partial charge in [0.2, 0.25) is 0 Å². The molecule has 33 heavy (non-hydrogen) atoms. The third kappa shape index (κ3) is 5.85. The van der Waals surface area contributed by atoms with E-state index < -0.39 is 12.1 Å². The van der Waals surface area contributed by atoms with Crippen LogP contribution in [0, 0.1) is 0 Å². The van der Waals surface area contributed by atoms with Crippen molar-refractivity contribution in [2.45, 2.75) is 48.8 Å². The molecule has 1 unspecified atom stereocenters. The molecule has 0 bridgehead atoms. The van der Waals surface area contributed by atoms with Gasteiger partial charge in [-0.3, -0.25) is 9.78 Å². The number of aliphatic carboxylic acids is 1. The predicted molar refractivity (Wildman–Crippen MR) is 111 cm³/mol. The Hall–Kier alpha value is -2.60. The van der Waals surface area contributed by atoms with Gasteiger partial charge in [-0.25, -0.2) is 4.79 Å². The number of carbonyl (C=O) groups excluding carboxylic acids is 1. The fourth-order valence-corrected chi connectivity index (χ4v) is 5.28. The second-order valence-electron chi connectivity index (χ2n) is 8.34. The number of alkyl halides is 3. The van der Waals surface area contributed by atoms with E-state index in [4.69, 9.17) is 19.2 Å². The molecule has 3 aliphatic rings. The van der Waals surface area contributed by atoms with Crippen LogP contribution >= 0.6 is 11.8 Å². The Morgan fingerprint density at radius 3 is 2.55 bits per heavy atom. The number of thioether (sulfide) groups is 1. The highest BCUT2D eigenvalue weighted by Crippen LogP contribution is 2.46. The lowest BCUT2D eigenvalue weighted by Crippen LogP contribution is -2.60. The summed E-state index contributed by atoms with van der Waals surface area (Å²) >= 11 is 1.94. The van der Waals surface area contributed by atoms with Crippen LogP contribution in [0.4, 0.5) is 13.2 Å². The summed E-state index contributed by atoms with van der Waals surface area (Å²) < 4.78 is 43.3. The number of aromatic nitrogens is 2. The lowest BCUT2D eigenvalue weighted by Gasteiger charge is -2.47. The standard InChI is InChI=1S/C19H21N3O3S.C2HF3O2/c23-18(16-7-17(25-21-16)14-1-2-14)22-11-19(12-22)8-15(10-26-19)24-9-13-3-5-20-6-4-13;3-2(4,5)1(6)7/h3-7,14-15H,1-2,8-12H2;(H,6,7). The van der Waals surface area contributed by atoms with Crippen LogP contribution in [0.2, 0.25) is 0 Å². The van der Waals surface area contributed by atoms with Crippen LogP contribution in [-0.4, -0.2) is 67.9 Å². The summed E-state index contributed by atoms with van der Waals surface area (Å²) in [5.74, 6) is -0.428. The Labute approximate surface area is 191 Å². The number of likely N-dealkylation sites (tertiary alicyclic amines) is 1. The van der Waals surface area contributed by atoms with Crippen molar-refractivity contribution in [3.05, 3.63) is 47.6 Å². The highest BCUT2D eigenvalue weighted by molar-refractivity contribution is 8.01. The number of halogens is 3. The van der Waals surface area contributed by atoms with E-state index in [0.29, 0.717) is 18.2 Å². The predicted octanol–water partition coefficient (Wildman–Crippen LogP) is 3.50. The Bertz CT molecular complexity index is 991. The fourth-order valence-electron chi connectivity index (χ4n) is 3.73. The smallest absolute Gasteiger partial charge is 0.475 e. The molecule has 2 aromatic heterocycles. The van der Waals surface area contributed by atoms with Crippen molar-refractivity contribution in [1.29, 1.82) is 0 Å². The number of carboxylic acids is 1. The van der Waals surface area contributed by atoms with Gasteiger partial charge in [0.15, 0.2) is 5.69 Å². The molecule has 1 saturated carbocycles. The quantitative estimate of drug-likeness (QED) is 0.686. The van der Waals surface area contributed by atoms with E-state index in [1.54, 1.807) is 12.4 Å². The minimum Gasteiger partial charge on any atom is -0.475 e. The number of ether oxygens (including phenoxy) is 1. The summed E-state index contributed by atoms with van der Waals surface area (Å²) in [6, 6.07) is 5.79. The van der Waals surface area contributed by atoms with Gasteiger partial charge in [-0.05, 0) is 37.0 Å². The summed E-state index contributed by atoms with van der Waals surface area (Å²) in [6.45, 7) is 2.17. The number of pyridine rings is 1. The molecule has 1 atom stereocenters. The van der Waals surface area contributed by atoms with E-state index in [9.17, 15) is 18.0 Å². The Morgan fingerprint density at radius 1 is 1.27 bits per heavy atom. The maximum Gasteiger partial charge on any atom is 0.490 e. The first-order valence-corrected chi connectivity index (χ1v) is 11.3. The van der Waals surface area contributed by atoms with E-state index in [1.165, 1.54) is 0 Å². The molecule has 12 heteroatoms. The molecule has 3 fully saturated rings. The van der Waals surface area contributed by atoms with Crippen LogP contribution < -0.4 is 0 Å². The first-order valence-electron chi connectivity index (χ1n) is 10.4. The van der Waals surface area contributed by atoms with E-state index in [-0.39, 0.29) is 16.8 Å². The van der Waals surface area contributed by atoms with Crippen molar-refractivity contribution in [3.63, 3.8) is 0 Å². The van der Waals surface area contributed by atoms with Crippen LogP contribution in [-0.2, 0) is 16.1 Å². The van der Waals surface area contributed by atoms with Gasteiger partial charge < -0.3 is 19.3 Å². The first kappa shape index (κ1) is 23.6. The second-order valence-corrected chi connectivity index (χ2v) is 9.83. The number of rotatable bonds is 5. The van der Waals surface area contributed by atoms with Gasteiger partial charge in [0.25, 0.3) is 5.91 Å². The molecule has 1 aliphatic carbocycles. The average molecular weight is 485 g/mol. The molecule has 2 aromatic rings. The van der Waals surface area contributed by atoms with Crippen molar-refractivity contribution in [3.8, 4) is 0 Å². The van der Waals surface area contributed by atoms with Crippen LogP contribution in [0.1, 0.15) is 47.0 Å². The van der Waals surface area contributed by atoms with E-state index in [2.05, 4.69) is 10.1 Å². The third-order valence-corrected chi connectivity index (χ3v) is 7.20. The summed E-state index contributed by atoms with van der Waals surface area (Å²) in [5, 5.41) is 11.1. The highest BCUT2D eigenvalue weighted by Gasteiger charge is 2.51. The lowest BCUT2D eigenvalue weighted by atomic mass is 9.92. The number of hydrogen-bond donors (Lipinski definition) is 1. The maximum absolute atomic E-state index is 12.6. The number of nitrogens with zero attached hydrogens (tertiary/aromatic N) is 3. The van der Waals surface area contributed by atoms with Crippen LogP contribution in [0.25, 0.3) is 0 Å². The summed E-state index contributed by atoms with van der Waals surface area (Å²) in [6.07, 6.45) is 2.03. The molecule has 2 aliphatic heterocycles. The molecule has 178 valence electrons. The lowest BCUT2D eigenvalue weighted by molar-refractivity contribution is -0.192. The number of carbonyl (C=O) groups is 2. The van der Waals surface area contributed by atoms with Gasteiger partial charge in [-0.2, -0.15) is 13.2 Å². The van der Waals surface area contributed by atoms with Gasteiger partial charge in [-0.15, -0.1) is 11.8 Å². The molecule has 2 saturated heterocycles. The fraction of sp³-hybridized carbons (Fsp3) is 0.524. The van der Waals surface area contributed by atoms with Crippen molar-refractivity contribution in [1.82, 2.24) is 15.0 Å². The maximum atomic E-state index is 12.6. The van der Waals surface area contributed by atoms with Crippen molar-refractivity contribution < 1.29 is 37.1 Å². The van der Waals surface area contributed by atoms with Gasteiger partial charge in [0.1, 0.15) is 5.76 Å². The topological polar surface area (TPSA) is 106 Å². The zero-order valence-corrected chi connectivity index (χ0v) is 18.3. The number of carboxylic acid groups (broad SMARTS) is 1. The van der Waals surface area contributed by atoms with Gasteiger partial charge in [0.05, 0.1) is 17.5 Å². The van der Waals surface area contributed by atoms with Crippen molar-refractivity contribution in [2.75, 3.05) is 18.8 Å². The molecule has 1 amide bonds. The normalized spacial score (nSPS) is 21.3. The van der Waals surface area contributed by atoms with E-state index >= 15 is 0 Å². The first-order chi connectivity index (χ1) is 15.7. The molecule has 1 N–H and O–H groups in total. The Kier molecular flexibility index (Phi) is 6.66. The molecule has 4 heterocycles. The van der Waals surface area contributed by atoms with Crippen LogP contribution in [0.5, 0.6) is 0 Å². The second kappa shape index (κ2) is 9.34. The molecule has 8 nitrogen and oxygen atoms in total. The molecule has 0 aromatic carbocycles. The summed E-state index contributed by atoms with van der Waals surface area (Å²) in [7, 11) is 0. The van der Waals surface area contributed by atoms with E-state index in [0.717, 1.165) is 49.4 Å². The highest BCUT2D eigenvalue weighted by atomic mass is 32.2. The minimum absolute atomic E-state index is 0.00645. The third-order valence-electron chi connectivity index (χ3n) is 5.63. The van der Waals surface area contributed by atoms with E-state index in [1.807, 2.05) is 34.9 Å². The summed E-state index contributed by atoms with van der Waals surface area (Å²) in [5.41, 5.74) is 1.60. The monoisotopic (exact) mass is 485 g/mol. The minimum atomic E-state index is -5.08. The molecular weight excluding hydrogens is 463 g/mol. The molecular formula is C21H22F3N3O5S. The Morgan fingerprint density at radius 2 is 1.94 bits per heavy atom. The van der Waals surface area contributed by atoms with Gasteiger partial charge >= 0.3 is 12.1 Å². The summed E-state index contributed by atoms with van der Waals surface area (Å²) in [4.78, 5) is 27.4. The molecule has 0 radical (unpaired) electrons. The van der Waals surface area contributed by atoms with Crippen LogP contribution in [0.15, 0.2) is 35.1 Å². The van der Waals surface area contributed by atoms with Gasteiger partial charge in [0, 0.05) is 43.2 Å². The van der Waals surface area contributed by atoms with Crippen molar-refractivity contribution in [2.24, 2.45) is 0 Å². The molecule has 1 spiro atoms. The zero-order valence-electron chi connectivity index (χ0n) is 17.5.